The van der Waals surface area contributed by atoms with Crippen molar-refractivity contribution in [2.45, 2.75) is 135 Å². The molecule has 0 saturated heterocycles. The number of carboxylic acid groups (broad SMARTS) is 1. The summed E-state index contributed by atoms with van der Waals surface area (Å²) >= 11 is 0. The van der Waals surface area contributed by atoms with Crippen LogP contribution in [0.15, 0.2) is 0 Å². The van der Waals surface area contributed by atoms with Crippen LogP contribution in [0.3, 0.4) is 0 Å². The fraction of sp³-hybridized carbons (Fsp3) is 0.920. The Morgan fingerprint density at radius 1 is 0.700 bits per heavy atom. The number of unbranched alkanes of at least 4 members (excludes halogenated alkanes) is 15. The lowest BCUT2D eigenvalue weighted by Crippen LogP contribution is -2.39. The van der Waals surface area contributed by atoms with Crippen LogP contribution in [0.2, 0.25) is 0 Å². The average Bonchev–Trinajstić information content (AvgIpc) is 2.72. The summed E-state index contributed by atoms with van der Waals surface area (Å²) in [5.74, 6) is -1.39. The first-order valence-electron chi connectivity index (χ1n) is 12.7. The van der Waals surface area contributed by atoms with Crippen LogP contribution in [0.1, 0.15) is 129 Å². The van der Waals surface area contributed by atoms with Crippen LogP contribution in [-0.4, -0.2) is 36.2 Å². The molecule has 0 aromatic rings. The van der Waals surface area contributed by atoms with E-state index in [4.69, 9.17) is 4.74 Å². The Morgan fingerprint density at radius 2 is 1.13 bits per heavy atom. The summed E-state index contributed by atoms with van der Waals surface area (Å²) < 4.78 is 5.21. The predicted molar refractivity (Wildman–Crippen MR) is 125 cm³/mol. The molecule has 0 bridgehead atoms. The zero-order valence-corrected chi connectivity index (χ0v) is 19.9. The Balaban J connectivity index is 3.63. The summed E-state index contributed by atoms with van der Waals surface area (Å²) in [5.41, 5.74) is 0. The second-order valence-corrected chi connectivity index (χ2v) is 8.57. The van der Waals surface area contributed by atoms with Gasteiger partial charge in [0, 0.05) is 0 Å². The van der Waals surface area contributed by atoms with Crippen molar-refractivity contribution in [3.8, 4) is 0 Å². The highest BCUT2D eigenvalue weighted by Gasteiger charge is 2.21. The van der Waals surface area contributed by atoms with Gasteiger partial charge in [-0.15, -0.1) is 0 Å². The van der Waals surface area contributed by atoms with Crippen molar-refractivity contribution in [3.63, 3.8) is 0 Å². The number of carboxylic acids is 1. The van der Waals surface area contributed by atoms with E-state index in [1.807, 2.05) is 0 Å². The fourth-order valence-electron chi connectivity index (χ4n) is 3.61. The Morgan fingerprint density at radius 3 is 1.60 bits per heavy atom. The smallest absolute Gasteiger partial charge is 0.321 e. The van der Waals surface area contributed by atoms with E-state index in [0.29, 0.717) is 13.2 Å². The van der Waals surface area contributed by atoms with Crippen LogP contribution in [0.25, 0.3) is 0 Å². The van der Waals surface area contributed by atoms with E-state index in [2.05, 4.69) is 19.2 Å². The molecule has 1 unspecified atom stereocenters. The van der Waals surface area contributed by atoms with E-state index >= 15 is 0 Å². The number of carbonyl (C=O) groups excluding carboxylic acids is 1. The fourth-order valence-corrected chi connectivity index (χ4v) is 3.61. The second kappa shape index (κ2) is 22.6. The van der Waals surface area contributed by atoms with Gasteiger partial charge in [-0.2, -0.15) is 0 Å². The molecule has 0 aliphatic carbocycles. The van der Waals surface area contributed by atoms with Crippen molar-refractivity contribution < 1.29 is 19.4 Å². The van der Waals surface area contributed by atoms with E-state index in [-0.39, 0.29) is 6.42 Å². The van der Waals surface area contributed by atoms with Gasteiger partial charge in [-0.1, -0.05) is 110 Å². The molecule has 0 aliphatic rings. The molecule has 5 heteroatoms. The van der Waals surface area contributed by atoms with E-state index in [1.165, 1.54) is 83.5 Å². The summed E-state index contributed by atoms with van der Waals surface area (Å²) in [6, 6.07) is -0.842. The third-order valence-corrected chi connectivity index (χ3v) is 5.60. The van der Waals surface area contributed by atoms with Gasteiger partial charge >= 0.3 is 11.9 Å². The molecule has 0 rings (SSSR count). The molecular weight excluding hydrogens is 378 g/mol. The van der Waals surface area contributed by atoms with Crippen molar-refractivity contribution in [2.75, 3.05) is 13.2 Å². The van der Waals surface area contributed by atoms with Crippen LogP contribution < -0.4 is 5.32 Å². The lowest BCUT2D eigenvalue weighted by molar-refractivity contribution is -0.149. The van der Waals surface area contributed by atoms with Crippen molar-refractivity contribution in [3.05, 3.63) is 0 Å². The van der Waals surface area contributed by atoms with E-state index in [1.54, 1.807) is 0 Å². The number of esters is 1. The molecule has 0 spiro atoms. The maximum atomic E-state index is 11.9. The van der Waals surface area contributed by atoms with E-state index in [9.17, 15) is 14.7 Å². The van der Waals surface area contributed by atoms with Gasteiger partial charge in [-0.3, -0.25) is 9.59 Å². The Hall–Kier alpha value is -1.10. The minimum absolute atomic E-state index is 0.0937. The Kier molecular flexibility index (Phi) is 21.8. The van der Waals surface area contributed by atoms with Gasteiger partial charge in [0.25, 0.3) is 0 Å². The van der Waals surface area contributed by atoms with Crippen molar-refractivity contribution >= 4 is 11.9 Å². The van der Waals surface area contributed by atoms with Crippen LogP contribution in [0, 0.1) is 0 Å². The van der Waals surface area contributed by atoms with Crippen LogP contribution in [0.4, 0.5) is 0 Å². The minimum atomic E-state index is -0.977. The molecule has 0 fully saturated rings. The first-order chi connectivity index (χ1) is 14.6. The largest absolute Gasteiger partial charge is 0.480 e. The number of nitrogens with one attached hydrogen (secondary N) is 1. The molecule has 0 aromatic heterocycles. The number of hydrogen-bond donors (Lipinski definition) is 2. The normalized spacial score (nSPS) is 12.1. The summed E-state index contributed by atoms with van der Waals surface area (Å²) in [6.07, 6.45) is 20.6. The van der Waals surface area contributed by atoms with Crippen molar-refractivity contribution in [1.29, 1.82) is 0 Å². The van der Waals surface area contributed by atoms with E-state index in [0.717, 1.165) is 25.7 Å². The monoisotopic (exact) mass is 427 g/mol. The number of rotatable bonds is 23. The predicted octanol–water partition coefficient (Wildman–Crippen LogP) is 6.63. The Bertz CT molecular complexity index is 401. The summed E-state index contributed by atoms with van der Waals surface area (Å²) in [7, 11) is 0. The zero-order valence-electron chi connectivity index (χ0n) is 19.9. The topological polar surface area (TPSA) is 75.6 Å². The van der Waals surface area contributed by atoms with Crippen LogP contribution in [-0.2, 0) is 14.3 Å². The average molecular weight is 428 g/mol. The molecule has 0 aliphatic heterocycles. The zero-order chi connectivity index (χ0) is 22.3. The molecule has 178 valence electrons. The molecule has 0 amide bonds. The molecular formula is C25H49NO4. The Labute approximate surface area is 185 Å². The summed E-state index contributed by atoms with van der Waals surface area (Å²) in [5, 5.41) is 12.3. The number of hydrogen-bond acceptors (Lipinski definition) is 4. The highest BCUT2D eigenvalue weighted by molar-refractivity contribution is 5.81. The van der Waals surface area contributed by atoms with Gasteiger partial charge < -0.3 is 15.2 Å². The van der Waals surface area contributed by atoms with Crippen molar-refractivity contribution in [2.24, 2.45) is 0 Å². The van der Waals surface area contributed by atoms with E-state index < -0.39 is 18.0 Å². The van der Waals surface area contributed by atoms with Crippen LogP contribution >= 0.6 is 0 Å². The van der Waals surface area contributed by atoms with Gasteiger partial charge in [0.05, 0.1) is 13.0 Å². The van der Waals surface area contributed by atoms with Crippen molar-refractivity contribution in [1.82, 2.24) is 5.32 Å². The summed E-state index contributed by atoms with van der Waals surface area (Å²) in [6.45, 7) is 5.48. The molecule has 1 atom stereocenters. The first kappa shape index (κ1) is 28.9. The molecule has 2 N–H and O–H groups in total. The first-order valence-corrected chi connectivity index (χ1v) is 12.7. The van der Waals surface area contributed by atoms with Gasteiger partial charge in [-0.25, -0.2) is 0 Å². The highest BCUT2D eigenvalue weighted by atomic mass is 16.5. The highest BCUT2D eigenvalue weighted by Crippen LogP contribution is 2.10. The second-order valence-electron chi connectivity index (χ2n) is 8.57. The maximum absolute atomic E-state index is 11.9. The number of aliphatic carboxylic acids is 1. The number of carbonyl (C=O) groups is 2. The van der Waals surface area contributed by atoms with Gasteiger partial charge in [0.2, 0.25) is 0 Å². The summed E-state index contributed by atoms with van der Waals surface area (Å²) in [4.78, 5) is 23.3. The molecule has 0 radical (unpaired) electrons. The molecule has 0 saturated carbocycles. The van der Waals surface area contributed by atoms with Crippen LogP contribution in [0.5, 0.6) is 0 Å². The van der Waals surface area contributed by atoms with Gasteiger partial charge in [0.15, 0.2) is 0 Å². The maximum Gasteiger partial charge on any atom is 0.321 e. The molecule has 5 nitrogen and oxygen atoms in total. The molecule has 30 heavy (non-hydrogen) atoms. The molecule has 0 heterocycles. The quantitative estimate of drug-likeness (QED) is 0.141. The standard InChI is InChI=1S/C25H49NO4/c1-3-5-7-9-11-12-13-14-16-18-20-26-23(25(28)29)22-24(27)30-21-19-17-15-10-8-6-4-2/h23,26H,3-22H2,1-2H3,(H,28,29). The SMILES string of the molecule is CCCCCCCCCCCCNC(CC(=O)OCCCCCCCCC)C(=O)O. The lowest BCUT2D eigenvalue weighted by atomic mass is 10.1. The number of ether oxygens (including phenoxy) is 1. The molecule has 0 aromatic carbocycles. The lowest BCUT2D eigenvalue weighted by Gasteiger charge is -2.14. The minimum Gasteiger partial charge on any atom is -0.480 e. The third-order valence-electron chi connectivity index (χ3n) is 5.60. The third kappa shape index (κ3) is 20.2. The van der Waals surface area contributed by atoms with Gasteiger partial charge in [0.1, 0.15) is 6.04 Å². The van der Waals surface area contributed by atoms with Gasteiger partial charge in [-0.05, 0) is 19.4 Å².